The third-order valence-electron chi connectivity index (χ3n) is 3.63. The molecule has 0 aromatic heterocycles. The summed E-state index contributed by atoms with van der Waals surface area (Å²) in [5, 5.41) is 0. The van der Waals surface area contributed by atoms with Crippen LogP contribution in [0.4, 0.5) is 0 Å². The summed E-state index contributed by atoms with van der Waals surface area (Å²) in [4.78, 5) is 10.1. The lowest BCUT2D eigenvalue weighted by atomic mass is 9.89. The molecule has 2 heteroatoms. The molecule has 1 unspecified atom stereocenters. The van der Waals surface area contributed by atoms with Gasteiger partial charge >= 0.3 is 0 Å². The Balaban J connectivity index is 1.99. The molecule has 92 valence electrons. The van der Waals surface area contributed by atoms with E-state index >= 15 is 0 Å². The van der Waals surface area contributed by atoms with Gasteiger partial charge in [-0.1, -0.05) is 30.7 Å². The van der Waals surface area contributed by atoms with E-state index in [1.807, 2.05) is 0 Å². The van der Waals surface area contributed by atoms with Crippen molar-refractivity contribution in [3.63, 3.8) is 0 Å². The van der Waals surface area contributed by atoms with Crippen LogP contribution in [-0.4, -0.2) is 13.1 Å². The summed E-state index contributed by atoms with van der Waals surface area (Å²) in [5.41, 5.74) is 3.04. The maximum absolute atomic E-state index is 10.1. The van der Waals surface area contributed by atoms with Gasteiger partial charge in [-0.25, -0.2) is 0 Å². The molecule has 1 atom stereocenters. The standard InChI is InChI=1S/C15H20O2/c16-12-17-11-5-9-14-7-2-1-6-13-8-3-4-10-15(13)14/h3-4,8,10,12,14H,1-2,5-7,9,11H2. The average Bonchev–Trinajstić information content (AvgIpc) is 2.57. The minimum atomic E-state index is 0.543. The average molecular weight is 232 g/mol. The molecule has 0 N–H and O–H groups in total. The zero-order valence-corrected chi connectivity index (χ0v) is 10.2. The summed E-state index contributed by atoms with van der Waals surface area (Å²) in [6.45, 7) is 1.10. The molecule has 1 aromatic rings. The third-order valence-corrected chi connectivity index (χ3v) is 3.63. The van der Waals surface area contributed by atoms with Crippen LogP contribution in [0.2, 0.25) is 0 Å². The van der Waals surface area contributed by atoms with Crippen molar-refractivity contribution in [3.8, 4) is 0 Å². The second-order valence-corrected chi connectivity index (χ2v) is 4.75. The number of carbonyl (C=O) groups excluding carboxylic acids is 1. The van der Waals surface area contributed by atoms with Gasteiger partial charge in [0.25, 0.3) is 6.47 Å². The minimum absolute atomic E-state index is 0.543. The van der Waals surface area contributed by atoms with E-state index in [0.717, 1.165) is 12.8 Å². The van der Waals surface area contributed by atoms with E-state index in [-0.39, 0.29) is 0 Å². The molecule has 0 saturated carbocycles. The minimum Gasteiger partial charge on any atom is -0.468 e. The topological polar surface area (TPSA) is 26.3 Å². The van der Waals surface area contributed by atoms with Gasteiger partial charge in [0.2, 0.25) is 0 Å². The lowest BCUT2D eigenvalue weighted by Gasteiger charge is -2.17. The summed E-state index contributed by atoms with van der Waals surface area (Å²) < 4.78 is 4.76. The fraction of sp³-hybridized carbons (Fsp3) is 0.533. The van der Waals surface area contributed by atoms with Crippen molar-refractivity contribution in [2.45, 2.75) is 44.4 Å². The first-order valence-electron chi connectivity index (χ1n) is 6.55. The quantitative estimate of drug-likeness (QED) is 0.441. The van der Waals surface area contributed by atoms with Gasteiger partial charge in [0, 0.05) is 0 Å². The Labute approximate surface area is 103 Å². The first-order valence-corrected chi connectivity index (χ1v) is 6.55. The highest BCUT2D eigenvalue weighted by molar-refractivity contribution is 5.36. The van der Waals surface area contributed by atoms with Crippen molar-refractivity contribution in [1.82, 2.24) is 0 Å². The predicted molar refractivity (Wildman–Crippen MR) is 68.0 cm³/mol. The van der Waals surface area contributed by atoms with E-state index in [1.165, 1.54) is 36.8 Å². The second kappa shape index (κ2) is 6.43. The molecule has 0 radical (unpaired) electrons. The van der Waals surface area contributed by atoms with Crippen molar-refractivity contribution in [2.75, 3.05) is 6.61 Å². The van der Waals surface area contributed by atoms with Crippen LogP contribution in [-0.2, 0) is 16.0 Å². The highest BCUT2D eigenvalue weighted by Gasteiger charge is 2.17. The Morgan fingerprint density at radius 1 is 1.29 bits per heavy atom. The number of fused-ring (bicyclic) bond motifs is 1. The number of ether oxygens (including phenoxy) is 1. The normalized spacial score (nSPS) is 19.2. The Bertz CT molecular complexity index is 360. The summed E-state index contributed by atoms with van der Waals surface area (Å²) >= 11 is 0. The zero-order valence-electron chi connectivity index (χ0n) is 10.2. The Hall–Kier alpha value is -1.31. The molecule has 0 amide bonds. The van der Waals surface area contributed by atoms with Gasteiger partial charge in [0.1, 0.15) is 0 Å². The molecule has 0 aliphatic heterocycles. The second-order valence-electron chi connectivity index (χ2n) is 4.75. The van der Waals surface area contributed by atoms with Crippen molar-refractivity contribution >= 4 is 6.47 Å². The number of hydrogen-bond acceptors (Lipinski definition) is 2. The molecule has 1 aromatic carbocycles. The fourth-order valence-electron chi connectivity index (χ4n) is 2.78. The smallest absolute Gasteiger partial charge is 0.293 e. The van der Waals surface area contributed by atoms with Crippen LogP contribution in [0.1, 0.15) is 49.1 Å². The van der Waals surface area contributed by atoms with Crippen molar-refractivity contribution in [3.05, 3.63) is 35.4 Å². The lowest BCUT2D eigenvalue weighted by Crippen LogP contribution is -2.02. The van der Waals surface area contributed by atoms with E-state index in [2.05, 4.69) is 24.3 Å². The number of hydrogen-bond donors (Lipinski definition) is 0. The first kappa shape index (κ1) is 12.2. The molecule has 2 rings (SSSR count). The van der Waals surface area contributed by atoms with E-state index in [0.29, 0.717) is 19.0 Å². The first-order chi connectivity index (χ1) is 8.42. The van der Waals surface area contributed by atoms with Crippen molar-refractivity contribution in [2.24, 2.45) is 0 Å². The van der Waals surface area contributed by atoms with E-state index in [9.17, 15) is 4.79 Å². The molecule has 17 heavy (non-hydrogen) atoms. The van der Waals surface area contributed by atoms with Crippen LogP contribution < -0.4 is 0 Å². The highest BCUT2D eigenvalue weighted by atomic mass is 16.5. The van der Waals surface area contributed by atoms with Crippen LogP contribution in [0.15, 0.2) is 24.3 Å². The molecule has 0 bridgehead atoms. The number of carbonyl (C=O) groups is 1. The molecule has 0 fully saturated rings. The van der Waals surface area contributed by atoms with Crippen LogP contribution >= 0.6 is 0 Å². The molecule has 0 spiro atoms. The summed E-state index contributed by atoms with van der Waals surface area (Å²) in [6.07, 6.45) is 7.21. The number of benzene rings is 1. The highest BCUT2D eigenvalue weighted by Crippen LogP contribution is 2.33. The molecule has 2 nitrogen and oxygen atoms in total. The Kier molecular flexibility index (Phi) is 4.60. The van der Waals surface area contributed by atoms with Crippen molar-refractivity contribution < 1.29 is 9.53 Å². The van der Waals surface area contributed by atoms with Crippen LogP contribution in [0.5, 0.6) is 0 Å². The van der Waals surface area contributed by atoms with Gasteiger partial charge < -0.3 is 4.74 Å². The summed E-state index contributed by atoms with van der Waals surface area (Å²) in [6, 6.07) is 8.80. The van der Waals surface area contributed by atoms with Gasteiger partial charge in [-0.3, -0.25) is 4.79 Å². The molecule has 1 aliphatic carbocycles. The van der Waals surface area contributed by atoms with Gasteiger partial charge in [0.05, 0.1) is 6.61 Å². The lowest BCUT2D eigenvalue weighted by molar-refractivity contribution is -0.128. The van der Waals surface area contributed by atoms with Crippen LogP contribution in [0.3, 0.4) is 0 Å². The third kappa shape index (κ3) is 3.32. The van der Waals surface area contributed by atoms with Crippen molar-refractivity contribution in [1.29, 1.82) is 0 Å². The van der Waals surface area contributed by atoms with Crippen LogP contribution in [0, 0.1) is 0 Å². The van der Waals surface area contributed by atoms with E-state index in [4.69, 9.17) is 4.74 Å². The maximum Gasteiger partial charge on any atom is 0.293 e. The van der Waals surface area contributed by atoms with E-state index in [1.54, 1.807) is 0 Å². The van der Waals surface area contributed by atoms with Gasteiger partial charge in [-0.15, -0.1) is 0 Å². The van der Waals surface area contributed by atoms with Gasteiger partial charge in [-0.05, 0) is 49.1 Å². The fourth-order valence-corrected chi connectivity index (χ4v) is 2.78. The maximum atomic E-state index is 10.1. The summed E-state index contributed by atoms with van der Waals surface area (Å²) in [7, 11) is 0. The monoisotopic (exact) mass is 232 g/mol. The molecule has 0 heterocycles. The largest absolute Gasteiger partial charge is 0.468 e. The molecule has 1 aliphatic rings. The predicted octanol–water partition coefficient (Wildman–Crippen LogP) is 3.45. The summed E-state index contributed by atoms with van der Waals surface area (Å²) in [5.74, 6) is 0.656. The van der Waals surface area contributed by atoms with Gasteiger partial charge in [-0.2, -0.15) is 0 Å². The zero-order chi connectivity index (χ0) is 11.9. The van der Waals surface area contributed by atoms with Crippen LogP contribution in [0.25, 0.3) is 0 Å². The van der Waals surface area contributed by atoms with E-state index < -0.39 is 0 Å². The molecular formula is C15H20O2. The number of rotatable bonds is 5. The molecule has 0 saturated heterocycles. The number of aryl methyl sites for hydroxylation is 1. The Morgan fingerprint density at radius 3 is 3.06 bits per heavy atom. The van der Waals surface area contributed by atoms with Gasteiger partial charge in [0.15, 0.2) is 0 Å². The SMILES string of the molecule is O=COCCCC1CCCCc2ccccc21. The Morgan fingerprint density at radius 2 is 2.18 bits per heavy atom. The molecular weight excluding hydrogens is 212 g/mol.